The van der Waals surface area contributed by atoms with Crippen molar-refractivity contribution in [2.75, 3.05) is 24.2 Å². The molecule has 182 valence electrons. The third kappa shape index (κ3) is 4.60. The number of aromatic nitrogens is 3. The summed E-state index contributed by atoms with van der Waals surface area (Å²) < 4.78 is 53.9. The van der Waals surface area contributed by atoms with E-state index in [1.807, 2.05) is 0 Å². The van der Waals surface area contributed by atoms with Gasteiger partial charge in [0, 0.05) is 30.7 Å². The number of aliphatic hydroxyl groups is 1. The topological polar surface area (TPSA) is 117 Å². The summed E-state index contributed by atoms with van der Waals surface area (Å²) >= 11 is 0. The van der Waals surface area contributed by atoms with E-state index in [4.69, 9.17) is 0 Å². The molecule has 2 N–H and O–H groups in total. The Labute approximate surface area is 190 Å². The van der Waals surface area contributed by atoms with E-state index in [1.54, 1.807) is 13.8 Å². The molecule has 0 radical (unpaired) electrons. The van der Waals surface area contributed by atoms with Gasteiger partial charge in [-0.2, -0.15) is 4.98 Å². The Morgan fingerprint density at radius 2 is 2.00 bits per heavy atom. The molecule has 2 aromatic heterocycles. The van der Waals surface area contributed by atoms with E-state index < -0.39 is 39.2 Å². The van der Waals surface area contributed by atoms with Gasteiger partial charge in [-0.05, 0) is 52.0 Å². The van der Waals surface area contributed by atoms with Gasteiger partial charge in [-0.25, -0.2) is 26.5 Å². The number of rotatable bonds is 6. The Morgan fingerprint density at radius 3 is 2.58 bits per heavy atom. The maximum atomic E-state index is 13.6. The number of alkyl halides is 2. The smallest absolute Gasteiger partial charge is 0.269 e. The van der Waals surface area contributed by atoms with E-state index in [0.29, 0.717) is 50.6 Å². The van der Waals surface area contributed by atoms with Crippen LogP contribution in [0, 0.1) is 0 Å². The van der Waals surface area contributed by atoms with Gasteiger partial charge in [0.25, 0.3) is 12.0 Å². The number of nitrogens with zero attached hydrogens (tertiary/aromatic N) is 4. The van der Waals surface area contributed by atoms with Crippen molar-refractivity contribution in [1.82, 2.24) is 18.8 Å². The van der Waals surface area contributed by atoms with Gasteiger partial charge >= 0.3 is 0 Å². The van der Waals surface area contributed by atoms with E-state index in [0.717, 1.165) is 6.07 Å². The van der Waals surface area contributed by atoms with Crippen LogP contribution in [0.3, 0.4) is 0 Å². The van der Waals surface area contributed by atoms with Crippen LogP contribution < -0.4 is 10.9 Å². The summed E-state index contributed by atoms with van der Waals surface area (Å²) in [5.74, 6) is 0.289. The maximum Gasteiger partial charge on any atom is 0.269 e. The molecule has 1 aliphatic heterocycles. The third-order valence-electron chi connectivity index (χ3n) is 6.77. The summed E-state index contributed by atoms with van der Waals surface area (Å²) in [5.41, 5.74) is -2.51. The third-order valence-corrected chi connectivity index (χ3v) is 8.65. The van der Waals surface area contributed by atoms with Crippen LogP contribution in [0.4, 0.5) is 14.7 Å². The highest BCUT2D eigenvalue weighted by Crippen LogP contribution is 2.39. The molecular formula is C21H29F2N5O4S. The number of sulfonamides is 1. The lowest BCUT2D eigenvalue weighted by atomic mass is 9.99. The van der Waals surface area contributed by atoms with Crippen molar-refractivity contribution in [3.05, 3.63) is 28.2 Å². The summed E-state index contributed by atoms with van der Waals surface area (Å²) in [4.78, 5) is 21.7. The first-order valence-corrected chi connectivity index (χ1v) is 12.8. The van der Waals surface area contributed by atoms with Crippen molar-refractivity contribution in [2.45, 2.75) is 70.1 Å². The molecule has 1 saturated heterocycles. The second-order valence-electron chi connectivity index (χ2n) is 9.03. The number of nitrogens with one attached hydrogen (secondary N) is 1. The van der Waals surface area contributed by atoms with Crippen LogP contribution in [0.15, 0.2) is 17.1 Å². The Balaban J connectivity index is 1.67. The molecule has 3 heterocycles. The fourth-order valence-corrected chi connectivity index (χ4v) is 5.97. The summed E-state index contributed by atoms with van der Waals surface area (Å²) in [6.45, 7) is 3.99. The van der Waals surface area contributed by atoms with Crippen molar-refractivity contribution in [3.8, 4) is 0 Å². The minimum absolute atomic E-state index is 0.0575. The van der Waals surface area contributed by atoms with Crippen LogP contribution in [0.25, 0.3) is 11.0 Å². The van der Waals surface area contributed by atoms with Gasteiger partial charge < -0.3 is 10.4 Å². The van der Waals surface area contributed by atoms with Gasteiger partial charge in [0.15, 0.2) is 0 Å². The lowest BCUT2D eigenvalue weighted by molar-refractivity contribution is 0.0261. The first-order valence-electron chi connectivity index (χ1n) is 11.2. The molecule has 0 unspecified atom stereocenters. The Morgan fingerprint density at radius 1 is 1.30 bits per heavy atom. The Hall–Kier alpha value is -2.18. The van der Waals surface area contributed by atoms with E-state index in [-0.39, 0.29) is 23.4 Å². The molecule has 4 rings (SSSR count). The van der Waals surface area contributed by atoms with Gasteiger partial charge in [-0.1, -0.05) is 0 Å². The summed E-state index contributed by atoms with van der Waals surface area (Å²) in [7, 11) is -3.24. The minimum Gasteiger partial charge on any atom is -0.388 e. The molecule has 0 bridgehead atoms. The second-order valence-corrected chi connectivity index (χ2v) is 11.3. The van der Waals surface area contributed by atoms with Crippen LogP contribution in [0.5, 0.6) is 0 Å². The second kappa shape index (κ2) is 8.88. The van der Waals surface area contributed by atoms with Crippen LogP contribution in [0.1, 0.15) is 64.0 Å². The molecule has 9 nitrogen and oxygen atoms in total. The van der Waals surface area contributed by atoms with Crippen LogP contribution >= 0.6 is 0 Å². The standard InChI is InChI=1S/C21H29F2N5O4S/c1-3-33(31,32)27-9-6-14(7-10-27)25-20-24-12-13-11-15(17(22)23)19(29)28(18(13)26-20)16-5-4-8-21(16,2)30/h11-12,14,16-17,30H,3-10H2,1-2H3,(H,24,25,26)/t16-,21-/m0/s1. The average Bonchev–Trinajstić information content (AvgIpc) is 3.12. The summed E-state index contributed by atoms with van der Waals surface area (Å²) in [5, 5.41) is 14.3. The number of piperidine rings is 1. The Bertz CT molecular complexity index is 1190. The predicted molar refractivity (Wildman–Crippen MR) is 120 cm³/mol. The van der Waals surface area contributed by atoms with Crippen LogP contribution in [-0.2, 0) is 10.0 Å². The van der Waals surface area contributed by atoms with Crippen molar-refractivity contribution in [1.29, 1.82) is 0 Å². The molecule has 0 aromatic carbocycles. The normalized spacial score (nSPS) is 25.2. The molecule has 2 aromatic rings. The fourth-order valence-electron chi connectivity index (χ4n) is 4.84. The number of fused-ring (bicyclic) bond motifs is 1. The largest absolute Gasteiger partial charge is 0.388 e. The average molecular weight is 486 g/mol. The quantitative estimate of drug-likeness (QED) is 0.645. The predicted octanol–water partition coefficient (Wildman–Crippen LogP) is 2.43. The molecule has 1 saturated carbocycles. The summed E-state index contributed by atoms with van der Waals surface area (Å²) in [6, 6.07) is 0.373. The zero-order valence-electron chi connectivity index (χ0n) is 18.7. The van der Waals surface area contributed by atoms with E-state index in [2.05, 4.69) is 15.3 Å². The number of halogens is 2. The van der Waals surface area contributed by atoms with Crippen molar-refractivity contribution in [3.63, 3.8) is 0 Å². The molecule has 2 fully saturated rings. The SMILES string of the molecule is CCS(=O)(=O)N1CCC(Nc2ncc3cc(C(F)F)c(=O)n([C@H]4CCC[C@]4(C)O)c3n2)CC1. The van der Waals surface area contributed by atoms with Gasteiger partial charge in [0.2, 0.25) is 16.0 Å². The van der Waals surface area contributed by atoms with Crippen molar-refractivity contribution in [2.24, 2.45) is 0 Å². The zero-order chi connectivity index (χ0) is 24.0. The molecule has 0 amide bonds. The van der Waals surface area contributed by atoms with E-state index in [9.17, 15) is 27.1 Å². The number of hydrogen-bond donors (Lipinski definition) is 2. The fraction of sp³-hybridized carbons (Fsp3) is 0.667. The highest BCUT2D eigenvalue weighted by molar-refractivity contribution is 7.89. The molecule has 1 aliphatic carbocycles. The van der Waals surface area contributed by atoms with Gasteiger partial charge in [-0.15, -0.1) is 0 Å². The zero-order valence-corrected chi connectivity index (χ0v) is 19.5. The number of hydrogen-bond acceptors (Lipinski definition) is 7. The molecule has 2 aliphatic rings. The van der Waals surface area contributed by atoms with Crippen molar-refractivity contribution >= 4 is 27.0 Å². The van der Waals surface area contributed by atoms with Gasteiger partial charge in [0.1, 0.15) is 5.65 Å². The first-order chi connectivity index (χ1) is 15.5. The molecule has 12 heteroatoms. The van der Waals surface area contributed by atoms with Crippen LogP contribution in [-0.4, -0.2) is 62.8 Å². The molecule has 2 atom stereocenters. The molecule has 33 heavy (non-hydrogen) atoms. The minimum atomic E-state index is -3.24. The highest BCUT2D eigenvalue weighted by atomic mass is 32.2. The van der Waals surface area contributed by atoms with Gasteiger partial charge in [0.05, 0.1) is 23.0 Å². The number of anilines is 1. The van der Waals surface area contributed by atoms with Crippen molar-refractivity contribution < 1.29 is 22.3 Å². The lowest BCUT2D eigenvalue weighted by Crippen LogP contribution is -2.43. The highest BCUT2D eigenvalue weighted by Gasteiger charge is 2.40. The first kappa shape index (κ1) is 24.0. The molecular weight excluding hydrogens is 456 g/mol. The number of pyridine rings is 1. The Kier molecular flexibility index (Phi) is 6.45. The summed E-state index contributed by atoms with van der Waals surface area (Å²) in [6.07, 6.45) is 1.17. The van der Waals surface area contributed by atoms with Crippen LogP contribution in [0.2, 0.25) is 0 Å². The van der Waals surface area contributed by atoms with Gasteiger partial charge in [-0.3, -0.25) is 9.36 Å². The lowest BCUT2D eigenvalue weighted by Gasteiger charge is -2.31. The van der Waals surface area contributed by atoms with E-state index >= 15 is 0 Å². The van der Waals surface area contributed by atoms with E-state index in [1.165, 1.54) is 15.1 Å². The maximum absolute atomic E-state index is 13.6. The molecule has 0 spiro atoms. The monoisotopic (exact) mass is 485 g/mol.